The zero-order valence-corrected chi connectivity index (χ0v) is 19.6. The molecule has 0 aliphatic heterocycles. The molecular formula is C23H21N3O5S2. The van der Waals surface area contributed by atoms with Crippen LogP contribution in [0.1, 0.15) is 5.56 Å². The van der Waals surface area contributed by atoms with Crippen LogP contribution in [0.25, 0.3) is 10.2 Å². The highest BCUT2D eigenvalue weighted by Crippen LogP contribution is 2.32. The third-order valence-corrected chi connectivity index (χ3v) is 7.57. The number of nitrogens with zero attached hydrogens (tertiary/aromatic N) is 3. The molecule has 2 aromatic heterocycles. The molecule has 1 amide bonds. The molecule has 8 nitrogen and oxygen atoms in total. The molecule has 4 rings (SSSR count). The molecule has 2 aromatic carbocycles. The van der Waals surface area contributed by atoms with E-state index in [1.807, 2.05) is 12.1 Å². The van der Waals surface area contributed by atoms with E-state index in [-0.39, 0.29) is 11.4 Å². The number of amides is 1. The van der Waals surface area contributed by atoms with Crippen molar-refractivity contribution in [3.05, 3.63) is 72.6 Å². The molecule has 0 bridgehead atoms. The molecule has 0 atom stereocenters. The molecule has 2 heterocycles. The number of anilines is 1. The third-order valence-electron chi connectivity index (χ3n) is 4.91. The van der Waals surface area contributed by atoms with Crippen LogP contribution in [0.4, 0.5) is 5.13 Å². The fraction of sp³-hybridized carbons (Fsp3) is 0.174. The fourth-order valence-corrected chi connectivity index (χ4v) is 5.39. The number of rotatable bonds is 8. The van der Waals surface area contributed by atoms with E-state index in [1.54, 1.807) is 49.8 Å². The molecule has 0 aliphatic carbocycles. The minimum Gasteiger partial charge on any atom is -0.497 e. The van der Waals surface area contributed by atoms with E-state index >= 15 is 0 Å². The normalized spacial score (nSPS) is 11.3. The standard InChI is InChI=1S/C23H21N3O5S2/c1-30-17-5-8-19(9-6-17)33(28,29)15-22(27)26(14-16-4-3-11-24-13-16)23-25-20-10-7-18(31-2)12-21(20)32-23/h3-13H,14-15H2,1-2H3. The van der Waals surface area contributed by atoms with Crippen LogP contribution in [0.3, 0.4) is 0 Å². The van der Waals surface area contributed by atoms with Gasteiger partial charge < -0.3 is 9.47 Å². The van der Waals surface area contributed by atoms with Crippen molar-refractivity contribution in [2.75, 3.05) is 24.9 Å². The zero-order valence-electron chi connectivity index (χ0n) is 18.0. The van der Waals surface area contributed by atoms with E-state index in [1.165, 1.54) is 35.5 Å². The lowest BCUT2D eigenvalue weighted by Gasteiger charge is -2.20. The number of carbonyl (C=O) groups excluding carboxylic acids is 1. The highest BCUT2D eigenvalue weighted by molar-refractivity contribution is 7.92. The van der Waals surface area contributed by atoms with Crippen molar-refractivity contribution < 1.29 is 22.7 Å². The van der Waals surface area contributed by atoms with Crippen molar-refractivity contribution in [3.63, 3.8) is 0 Å². The maximum atomic E-state index is 13.3. The summed E-state index contributed by atoms with van der Waals surface area (Å²) in [5.74, 6) is -0.0762. The van der Waals surface area contributed by atoms with Crippen molar-refractivity contribution in [1.82, 2.24) is 9.97 Å². The first-order valence-corrected chi connectivity index (χ1v) is 12.4. The Bertz CT molecular complexity index is 1370. The van der Waals surface area contributed by atoms with Gasteiger partial charge in [-0.1, -0.05) is 17.4 Å². The fourth-order valence-electron chi connectivity index (χ4n) is 3.18. The molecule has 0 spiro atoms. The number of hydrogen-bond donors (Lipinski definition) is 0. The second kappa shape index (κ2) is 9.55. The van der Waals surface area contributed by atoms with E-state index in [2.05, 4.69) is 9.97 Å². The number of hydrogen-bond acceptors (Lipinski definition) is 8. The molecule has 10 heteroatoms. The zero-order chi connectivity index (χ0) is 23.4. The number of fused-ring (bicyclic) bond motifs is 1. The minimum absolute atomic E-state index is 0.0482. The molecule has 4 aromatic rings. The molecular weight excluding hydrogens is 462 g/mol. The first kappa shape index (κ1) is 22.7. The van der Waals surface area contributed by atoms with E-state index in [4.69, 9.17) is 9.47 Å². The molecule has 0 aliphatic rings. The summed E-state index contributed by atoms with van der Waals surface area (Å²) in [6, 6.07) is 14.9. The van der Waals surface area contributed by atoms with Gasteiger partial charge in [0.2, 0.25) is 5.91 Å². The summed E-state index contributed by atoms with van der Waals surface area (Å²) in [5.41, 5.74) is 1.45. The van der Waals surface area contributed by atoms with E-state index in [0.717, 1.165) is 10.3 Å². The average molecular weight is 484 g/mol. The van der Waals surface area contributed by atoms with Gasteiger partial charge in [-0.25, -0.2) is 13.4 Å². The lowest BCUT2D eigenvalue weighted by atomic mass is 10.2. The van der Waals surface area contributed by atoms with Gasteiger partial charge in [0.25, 0.3) is 0 Å². The van der Waals surface area contributed by atoms with E-state index < -0.39 is 21.5 Å². The van der Waals surface area contributed by atoms with Crippen LogP contribution >= 0.6 is 11.3 Å². The summed E-state index contributed by atoms with van der Waals surface area (Å²) in [6.07, 6.45) is 3.27. The average Bonchev–Trinajstić information content (AvgIpc) is 3.25. The highest BCUT2D eigenvalue weighted by atomic mass is 32.2. The van der Waals surface area contributed by atoms with Crippen LogP contribution in [-0.2, 0) is 21.2 Å². The van der Waals surface area contributed by atoms with Crippen molar-refractivity contribution in [3.8, 4) is 11.5 Å². The SMILES string of the molecule is COc1ccc(S(=O)(=O)CC(=O)N(Cc2cccnc2)c2nc3ccc(OC)cc3s2)cc1. The van der Waals surface area contributed by atoms with E-state index in [0.29, 0.717) is 22.1 Å². The van der Waals surface area contributed by atoms with Gasteiger partial charge in [0.15, 0.2) is 15.0 Å². The second-order valence-corrected chi connectivity index (χ2v) is 10.1. The topological polar surface area (TPSA) is 98.7 Å². The second-order valence-electron chi connectivity index (χ2n) is 7.11. The molecule has 0 unspecified atom stereocenters. The van der Waals surface area contributed by atoms with Gasteiger partial charge in [-0.05, 0) is 54.1 Å². The lowest BCUT2D eigenvalue weighted by molar-refractivity contribution is -0.116. The molecule has 0 saturated carbocycles. The highest BCUT2D eigenvalue weighted by Gasteiger charge is 2.27. The Hall–Kier alpha value is -3.50. The molecule has 170 valence electrons. The van der Waals surface area contributed by atoms with Gasteiger partial charge in [-0.2, -0.15) is 0 Å². The minimum atomic E-state index is -3.88. The predicted molar refractivity (Wildman–Crippen MR) is 127 cm³/mol. The number of aromatic nitrogens is 2. The monoisotopic (exact) mass is 483 g/mol. The lowest BCUT2D eigenvalue weighted by Crippen LogP contribution is -2.35. The van der Waals surface area contributed by atoms with E-state index in [9.17, 15) is 13.2 Å². The predicted octanol–water partition coefficient (Wildman–Crippen LogP) is 3.72. The van der Waals surface area contributed by atoms with Crippen molar-refractivity contribution in [1.29, 1.82) is 0 Å². The largest absolute Gasteiger partial charge is 0.497 e. The summed E-state index contributed by atoms with van der Waals surface area (Å²) in [7, 11) is -0.804. The first-order valence-electron chi connectivity index (χ1n) is 9.90. The van der Waals surface area contributed by atoms with Crippen LogP contribution in [0.5, 0.6) is 11.5 Å². The smallest absolute Gasteiger partial charge is 0.244 e. The molecule has 33 heavy (non-hydrogen) atoms. The number of benzene rings is 2. The number of thiazole rings is 1. The van der Waals surface area contributed by atoms with Crippen LogP contribution < -0.4 is 14.4 Å². The molecule has 0 radical (unpaired) electrons. The Morgan fingerprint density at radius 3 is 2.42 bits per heavy atom. The first-order chi connectivity index (χ1) is 15.9. The maximum Gasteiger partial charge on any atom is 0.244 e. The summed E-state index contributed by atoms with van der Waals surface area (Å²) in [5, 5.41) is 0.400. The van der Waals surface area contributed by atoms with Crippen molar-refractivity contribution in [2.24, 2.45) is 0 Å². The van der Waals surface area contributed by atoms with Crippen molar-refractivity contribution >= 4 is 42.4 Å². The van der Waals surface area contributed by atoms with Gasteiger partial charge in [-0.15, -0.1) is 0 Å². The Kier molecular flexibility index (Phi) is 6.57. The van der Waals surface area contributed by atoms with Crippen LogP contribution in [0.2, 0.25) is 0 Å². The number of ether oxygens (including phenoxy) is 2. The van der Waals surface area contributed by atoms with Gasteiger partial charge in [0.1, 0.15) is 17.3 Å². The Morgan fingerprint density at radius 2 is 1.76 bits per heavy atom. The Labute approximate surface area is 195 Å². The number of carbonyl (C=O) groups is 1. The number of pyridine rings is 1. The number of sulfone groups is 1. The summed E-state index contributed by atoms with van der Waals surface area (Å²) >= 11 is 1.29. The number of methoxy groups -OCH3 is 2. The summed E-state index contributed by atoms with van der Waals surface area (Å²) in [4.78, 5) is 23.4. The van der Waals surface area contributed by atoms with Crippen LogP contribution in [0, 0.1) is 0 Å². The molecule has 0 N–H and O–H groups in total. The summed E-state index contributed by atoms with van der Waals surface area (Å²) in [6.45, 7) is 0.141. The van der Waals surface area contributed by atoms with Gasteiger partial charge in [0.05, 0.1) is 35.9 Å². The van der Waals surface area contributed by atoms with Crippen molar-refractivity contribution in [2.45, 2.75) is 11.4 Å². The van der Waals surface area contributed by atoms with Gasteiger partial charge >= 0.3 is 0 Å². The van der Waals surface area contributed by atoms with Gasteiger partial charge in [-0.3, -0.25) is 14.7 Å². The van der Waals surface area contributed by atoms with Crippen LogP contribution in [-0.4, -0.2) is 44.3 Å². The Balaban J connectivity index is 1.67. The Morgan fingerprint density at radius 1 is 1.03 bits per heavy atom. The van der Waals surface area contributed by atoms with Gasteiger partial charge in [0, 0.05) is 12.4 Å². The quantitative estimate of drug-likeness (QED) is 0.377. The van der Waals surface area contributed by atoms with Crippen LogP contribution in [0.15, 0.2) is 71.9 Å². The third kappa shape index (κ3) is 5.12. The summed E-state index contributed by atoms with van der Waals surface area (Å²) < 4.78 is 37.1. The molecule has 0 saturated heterocycles. The maximum absolute atomic E-state index is 13.3. The molecule has 0 fully saturated rings.